The van der Waals surface area contributed by atoms with E-state index in [1.54, 1.807) is 25.1 Å². The molecule has 1 aliphatic heterocycles. The summed E-state index contributed by atoms with van der Waals surface area (Å²) in [5.74, 6) is -0.872. The second-order valence-corrected chi connectivity index (χ2v) is 6.34. The maximum absolute atomic E-state index is 14.4. The van der Waals surface area contributed by atoms with Gasteiger partial charge in [-0.05, 0) is 43.4 Å². The Kier molecular flexibility index (Phi) is 5.01. The summed E-state index contributed by atoms with van der Waals surface area (Å²) in [6.45, 7) is 1.72. The van der Waals surface area contributed by atoms with Gasteiger partial charge < -0.3 is 16.0 Å². The molecule has 2 aromatic rings. The van der Waals surface area contributed by atoms with Crippen molar-refractivity contribution in [3.63, 3.8) is 0 Å². The average molecular weight is 376 g/mol. The van der Waals surface area contributed by atoms with Crippen LogP contribution in [0.5, 0.6) is 0 Å². The molecule has 0 fully saturated rings. The number of hydrogen-bond acceptors (Lipinski definition) is 2. The van der Waals surface area contributed by atoms with Crippen molar-refractivity contribution >= 4 is 40.5 Å². The number of allylic oxidation sites excluding steroid dienone is 1. The van der Waals surface area contributed by atoms with E-state index >= 15 is 0 Å². The van der Waals surface area contributed by atoms with Gasteiger partial charge in [-0.25, -0.2) is 4.39 Å². The summed E-state index contributed by atoms with van der Waals surface area (Å²) in [5, 5.41) is 9.18. The quantitative estimate of drug-likeness (QED) is 0.712. The standard InChI is InChI=1S/C18H15ClFN3OS/c1-10-14(17(24)22-11-6-3-2-4-7-11)16(23-18(25)21-10)15-12(19)8-5-9-13(15)20/h2-9,16H,1H3,(H,22,24)(H2,21,23,25). The van der Waals surface area contributed by atoms with Crippen molar-refractivity contribution in [1.82, 2.24) is 10.6 Å². The molecule has 0 spiro atoms. The number of amides is 1. The summed E-state index contributed by atoms with van der Waals surface area (Å²) in [4.78, 5) is 12.8. The monoisotopic (exact) mass is 375 g/mol. The van der Waals surface area contributed by atoms with E-state index in [1.165, 1.54) is 12.1 Å². The number of rotatable bonds is 3. The number of carbonyl (C=O) groups is 1. The highest BCUT2D eigenvalue weighted by Gasteiger charge is 2.33. The fraction of sp³-hybridized carbons (Fsp3) is 0.111. The van der Waals surface area contributed by atoms with Gasteiger partial charge in [0, 0.05) is 22.0 Å². The summed E-state index contributed by atoms with van der Waals surface area (Å²) < 4.78 is 14.4. The lowest BCUT2D eigenvalue weighted by Gasteiger charge is -2.31. The van der Waals surface area contributed by atoms with Crippen LogP contribution in [0.1, 0.15) is 18.5 Å². The normalized spacial score (nSPS) is 16.9. The minimum absolute atomic E-state index is 0.186. The van der Waals surface area contributed by atoms with Gasteiger partial charge in [0.25, 0.3) is 5.91 Å². The van der Waals surface area contributed by atoms with Gasteiger partial charge >= 0.3 is 0 Å². The van der Waals surface area contributed by atoms with Crippen molar-refractivity contribution in [3.8, 4) is 0 Å². The number of halogens is 2. The number of carbonyl (C=O) groups excluding carboxylic acids is 1. The Morgan fingerprint density at radius 1 is 1.20 bits per heavy atom. The molecule has 3 rings (SSSR count). The van der Waals surface area contributed by atoms with Crippen LogP contribution in [-0.4, -0.2) is 11.0 Å². The molecule has 0 saturated carbocycles. The van der Waals surface area contributed by atoms with Crippen LogP contribution in [0.15, 0.2) is 59.8 Å². The number of nitrogens with one attached hydrogen (secondary N) is 3. The van der Waals surface area contributed by atoms with E-state index < -0.39 is 11.9 Å². The Labute approximate surface area is 155 Å². The second kappa shape index (κ2) is 7.21. The molecule has 3 N–H and O–H groups in total. The smallest absolute Gasteiger partial charge is 0.255 e. The lowest BCUT2D eigenvalue weighted by Crippen LogP contribution is -2.46. The van der Waals surface area contributed by atoms with Crippen molar-refractivity contribution in [2.75, 3.05) is 5.32 Å². The molecule has 128 valence electrons. The number of hydrogen-bond donors (Lipinski definition) is 3. The topological polar surface area (TPSA) is 53.2 Å². The average Bonchev–Trinajstić information content (AvgIpc) is 2.55. The summed E-state index contributed by atoms with van der Waals surface area (Å²) in [6.07, 6.45) is 0. The molecule has 0 radical (unpaired) electrons. The molecule has 0 bridgehead atoms. The molecule has 0 aromatic heterocycles. The number of para-hydroxylation sites is 1. The molecule has 7 heteroatoms. The second-order valence-electron chi connectivity index (χ2n) is 5.53. The van der Waals surface area contributed by atoms with Crippen LogP contribution in [-0.2, 0) is 4.79 Å². The maximum Gasteiger partial charge on any atom is 0.255 e. The Hall–Kier alpha value is -2.44. The first-order chi connectivity index (χ1) is 12.0. The van der Waals surface area contributed by atoms with Crippen LogP contribution in [0, 0.1) is 5.82 Å². The molecular formula is C18H15ClFN3OS. The van der Waals surface area contributed by atoms with Crippen molar-refractivity contribution in [2.45, 2.75) is 13.0 Å². The van der Waals surface area contributed by atoms with Crippen molar-refractivity contribution in [1.29, 1.82) is 0 Å². The fourth-order valence-corrected chi connectivity index (χ4v) is 3.26. The van der Waals surface area contributed by atoms with E-state index in [2.05, 4.69) is 16.0 Å². The third kappa shape index (κ3) is 3.65. The van der Waals surface area contributed by atoms with Crippen LogP contribution in [0.2, 0.25) is 5.02 Å². The summed E-state index contributed by atoms with van der Waals surface area (Å²) in [6, 6.07) is 12.6. The highest BCUT2D eigenvalue weighted by Crippen LogP contribution is 2.33. The molecule has 2 aromatic carbocycles. The Morgan fingerprint density at radius 3 is 2.60 bits per heavy atom. The first kappa shape index (κ1) is 17.4. The number of anilines is 1. The Balaban J connectivity index is 2.02. The van der Waals surface area contributed by atoms with E-state index in [4.69, 9.17) is 23.8 Å². The zero-order chi connectivity index (χ0) is 18.0. The number of benzene rings is 2. The van der Waals surface area contributed by atoms with Crippen LogP contribution in [0.4, 0.5) is 10.1 Å². The molecule has 4 nitrogen and oxygen atoms in total. The molecule has 1 atom stereocenters. The largest absolute Gasteiger partial charge is 0.351 e. The highest BCUT2D eigenvalue weighted by molar-refractivity contribution is 7.80. The van der Waals surface area contributed by atoms with E-state index in [0.717, 1.165) is 0 Å². The van der Waals surface area contributed by atoms with Crippen LogP contribution in [0.25, 0.3) is 0 Å². The summed E-state index contributed by atoms with van der Waals surface area (Å²) in [5.41, 5.74) is 1.69. The van der Waals surface area contributed by atoms with Gasteiger partial charge in [0.15, 0.2) is 5.11 Å². The third-order valence-corrected chi connectivity index (χ3v) is 4.38. The lowest BCUT2D eigenvalue weighted by molar-refractivity contribution is -0.113. The zero-order valence-corrected chi connectivity index (χ0v) is 14.8. The molecular weight excluding hydrogens is 361 g/mol. The van der Waals surface area contributed by atoms with Gasteiger partial charge in [-0.2, -0.15) is 0 Å². The first-order valence-corrected chi connectivity index (χ1v) is 8.34. The van der Waals surface area contributed by atoms with Gasteiger partial charge in [0.05, 0.1) is 11.6 Å². The van der Waals surface area contributed by atoms with Crippen LogP contribution < -0.4 is 16.0 Å². The minimum Gasteiger partial charge on any atom is -0.351 e. The van der Waals surface area contributed by atoms with Gasteiger partial charge in [-0.15, -0.1) is 0 Å². The summed E-state index contributed by atoms with van der Waals surface area (Å²) >= 11 is 11.4. The third-order valence-electron chi connectivity index (χ3n) is 3.83. The van der Waals surface area contributed by atoms with Crippen LogP contribution in [0.3, 0.4) is 0 Å². The lowest BCUT2D eigenvalue weighted by atomic mass is 9.94. The molecule has 25 heavy (non-hydrogen) atoms. The van der Waals surface area contributed by atoms with E-state index in [9.17, 15) is 9.18 Å². The van der Waals surface area contributed by atoms with Gasteiger partial charge in [0.2, 0.25) is 0 Å². The fourth-order valence-electron chi connectivity index (χ4n) is 2.72. The zero-order valence-electron chi connectivity index (χ0n) is 13.3. The van der Waals surface area contributed by atoms with Crippen molar-refractivity contribution < 1.29 is 9.18 Å². The minimum atomic E-state index is -0.786. The Bertz CT molecular complexity index is 850. The van der Waals surface area contributed by atoms with E-state index in [0.29, 0.717) is 22.1 Å². The van der Waals surface area contributed by atoms with Crippen molar-refractivity contribution in [2.24, 2.45) is 0 Å². The predicted octanol–water partition coefficient (Wildman–Crippen LogP) is 3.91. The van der Waals surface area contributed by atoms with Gasteiger partial charge in [-0.3, -0.25) is 4.79 Å². The van der Waals surface area contributed by atoms with Gasteiger partial charge in [0.1, 0.15) is 5.82 Å². The molecule has 1 unspecified atom stereocenters. The maximum atomic E-state index is 14.4. The van der Waals surface area contributed by atoms with Crippen LogP contribution >= 0.6 is 23.8 Å². The molecule has 1 amide bonds. The van der Waals surface area contributed by atoms with E-state index in [1.807, 2.05) is 18.2 Å². The first-order valence-electron chi connectivity index (χ1n) is 7.56. The molecule has 0 aliphatic carbocycles. The molecule has 0 saturated heterocycles. The molecule has 1 heterocycles. The Morgan fingerprint density at radius 2 is 1.92 bits per heavy atom. The summed E-state index contributed by atoms with van der Waals surface area (Å²) in [7, 11) is 0. The SMILES string of the molecule is CC1=C(C(=O)Nc2ccccc2)C(c2c(F)cccc2Cl)NC(=S)N1. The number of thiocarbonyl (C=S) groups is 1. The van der Waals surface area contributed by atoms with Gasteiger partial charge in [-0.1, -0.05) is 35.9 Å². The predicted molar refractivity (Wildman–Crippen MR) is 101 cm³/mol. The van der Waals surface area contributed by atoms with Crippen molar-refractivity contribution in [3.05, 3.63) is 76.2 Å². The molecule has 1 aliphatic rings. The highest BCUT2D eigenvalue weighted by atomic mass is 35.5. The van der Waals surface area contributed by atoms with E-state index in [-0.39, 0.29) is 16.5 Å².